The molecule has 0 aliphatic carbocycles. The second-order valence-corrected chi connectivity index (χ2v) is 8.14. The zero-order valence-electron chi connectivity index (χ0n) is 17.6. The predicted molar refractivity (Wildman–Crippen MR) is 123 cm³/mol. The number of thiazole rings is 1. The monoisotopic (exact) mass is 448 g/mol. The van der Waals surface area contributed by atoms with Crippen molar-refractivity contribution in [2.45, 2.75) is 19.9 Å². The minimum absolute atomic E-state index is 0.211. The average Bonchev–Trinajstić information content (AvgIpc) is 3.09. The van der Waals surface area contributed by atoms with E-state index >= 15 is 0 Å². The van der Waals surface area contributed by atoms with Crippen LogP contribution >= 0.6 is 11.3 Å². The third-order valence-electron chi connectivity index (χ3n) is 5.02. The van der Waals surface area contributed by atoms with Crippen LogP contribution in [0.4, 0.5) is 4.39 Å². The molecule has 5 nitrogen and oxygen atoms in total. The first-order chi connectivity index (χ1) is 15.5. The van der Waals surface area contributed by atoms with E-state index in [1.54, 1.807) is 38.1 Å². The van der Waals surface area contributed by atoms with Gasteiger partial charge in [-0.25, -0.2) is 14.2 Å². The molecule has 0 amide bonds. The number of hydrogen-bond donors (Lipinski definition) is 0. The number of benzene rings is 2. The molecule has 3 aromatic rings. The molecule has 0 saturated heterocycles. The van der Waals surface area contributed by atoms with E-state index in [0.717, 1.165) is 16.9 Å². The highest BCUT2D eigenvalue weighted by atomic mass is 32.1. The second-order valence-electron chi connectivity index (χ2n) is 7.14. The first-order valence-electron chi connectivity index (χ1n) is 10.2. The summed E-state index contributed by atoms with van der Waals surface area (Å²) in [5, 5.41) is 0. The molecule has 0 spiro atoms. The van der Waals surface area contributed by atoms with Crippen molar-refractivity contribution in [2.24, 2.45) is 4.99 Å². The Morgan fingerprint density at radius 3 is 2.62 bits per heavy atom. The molecule has 1 atom stereocenters. The fraction of sp³-hybridized carbons (Fsp3) is 0.160. The molecule has 2 heterocycles. The lowest BCUT2D eigenvalue weighted by atomic mass is 10.0. The fourth-order valence-corrected chi connectivity index (χ4v) is 4.56. The summed E-state index contributed by atoms with van der Waals surface area (Å²) in [4.78, 5) is 31.0. The van der Waals surface area contributed by atoms with E-state index in [1.165, 1.54) is 16.7 Å². The number of carbonyl (C=O) groups excluding carboxylic acids is 1. The Balaban J connectivity index is 1.89. The maximum Gasteiger partial charge on any atom is 0.338 e. The summed E-state index contributed by atoms with van der Waals surface area (Å²) in [5.74, 6) is -0.929. The van der Waals surface area contributed by atoms with Gasteiger partial charge in [-0.05, 0) is 31.6 Å². The zero-order chi connectivity index (χ0) is 22.7. The number of aromatic nitrogens is 1. The highest BCUT2D eigenvalue weighted by Gasteiger charge is 2.30. The van der Waals surface area contributed by atoms with Crippen molar-refractivity contribution in [2.75, 3.05) is 6.61 Å². The van der Waals surface area contributed by atoms with Gasteiger partial charge in [0.25, 0.3) is 5.56 Å². The van der Waals surface area contributed by atoms with Crippen molar-refractivity contribution in [3.8, 4) is 0 Å². The molecule has 0 radical (unpaired) electrons. The van der Waals surface area contributed by atoms with Crippen molar-refractivity contribution in [1.82, 2.24) is 4.57 Å². The second kappa shape index (κ2) is 9.28. The first kappa shape index (κ1) is 21.6. The molecule has 1 aromatic heterocycles. The number of allylic oxidation sites excluding steroid dienone is 2. The molecule has 32 heavy (non-hydrogen) atoms. The van der Waals surface area contributed by atoms with Crippen LogP contribution < -0.4 is 14.9 Å². The van der Waals surface area contributed by atoms with Crippen molar-refractivity contribution in [3.05, 3.63) is 109 Å². The average molecular weight is 449 g/mol. The van der Waals surface area contributed by atoms with Crippen molar-refractivity contribution in [3.63, 3.8) is 0 Å². The molecule has 0 saturated carbocycles. The van der Waals surface area contributed by atoms with Gasteiger partial charge in [0.05, 0.1) is 28.5 Å². The van der Waals surface area contributed by atoms with Crippen LogP contribution in [-0.4, -0.2) is 17.1 Å². The quantitative estimate of drug-likeness (QED) is 0.561. The van der Waals surface area contributed by atoms with Gasteiger partial charge in [-0.3, -0.25) is 9.36 Å². The minimum atomic E-state index is -0.687. The van der Waals surface area contributed by atoms with E-state index in [9.17, 15) is 14.0 Å². The van der Waals surface area contributed by atoms with Gasteiger partial charge in [0.15, 0.2) is 4.80 Å². The van der Waals surface area contributed by atoms with Crippen LogP contribution in [0.2, 0.25) is 0 Å². The number of carbonyl (C=O) groups is 1. The Morgan fingerprint density at radius 1 is 1.19 bits per heavy atom. The van der Waals surface area contributed by atoms with Gasteiger partial charge in [0.1, 0.15) is 5.82 Å². The van der Waals surface area contributed by atoms with Crippen LogP contribution in [-0.2, 0) is 9.53 Å². The molecule has 7 heteroatoms. The van der Waals surface area contributed by atoms with E-state index in [1.807, 2.05) is 36.4 Å². The molecule has 0 bridgehead atoms. The topological polar surface area (TPSA) is 60.7 Å². The SMILES string of the molecule is CCOC(=O)C1=C(C)N=c2s/c(=C/c3ccccc3F)c(=O)n2[C@@H]1/C=C\c1ccccc1. The summed E-state index contributed by atoms with van der Waals surface area (Å²) >= 11 is 1.16. The van der Waals surface area contributed by atoms with Gasteiger partial charge in [0, 0.05) is 5.56 Å². The molecule has 162 valence electrons. The van der Waals surface area contributed by atoms with E-state index in [0.29, 0.717) is 26.2 Å². The van der Waals surface area contributed by atoms with Crippen LogP contribution in [0.1, 0.15) is 31.0 Å². The Hall–Kier alpha value is -3.58. The highest BCUT2D eigenvalue weighted by molar-refractivity contribution is 7.07. The summed E-state index contributed by atoms with van der Waals surface area (Å²) in [6.45, 7) is 3.66. The smallest absolute Gasteiger partial charge is 0.338 e. The molecular formula is C25H21FN2O3S. The predicted octanol–water partition coefficient (Wildman–Crippen LogP) is 3.60. The number of nitrogens with zero attached hydrogens (tertiary/aromatic N) is 2. The van der Waals surface area contributed by atoms with Crippen LogP contribution in [0.5, 0.6) is 0 Å². The van der Waals surface area contributed by atoms with Gasteiger partial charge in [-0.2, -0.15) is 0 Å². The Kier molecular flexibility index (Phi) is 6.28. The van der Waals surface area contributed by atoms with Crippen molar-refractivity contribution < 1.29 is 13.9 Å². The van der Waals surface area contributed by atoms with Gasteiger partial charge in [-0.15, -0.1) is 0 Å². The zero-order valence-corrected chi connectivity index (χ0v) is 18.4. The maximum atomic E-state index is 14.2. The van der Waals surface area contributed by atoms with Crippen LogP contribution in [0.15, 0.2) is 81.7 Å². The van der Waals surface area contributed by atoms with Crippen molar-refractivity contribution >= 4 is 29.5 Å². The van der Waals surface area contributed by atoms with E-state index in [4.69, 9.17) is 4.74 Å². The molecule has 1 aliphatic rings. The number of esters is 1. The fourth-order valence-electron chi connectivity index (χ4n) is 3.52. The first-order valence-corrected chi connectivity index (χ1v) is 11.0. The molecular weight excluding hydrogens is 427 g/mol. The Labute approximate surface area is 188 Å². The van der Waals surface area contributed by atoms with Crippen molar-refractivity contribution in [1.29, 1.82) is 0 Å². The lowest BCUT2D eigenvalue weighted by Gasteiger charge is -2.21. The molecule has 1 aliphatic heterocycles. The summed E-state index contributed by atoms with van der Waals surface area (Å²) in [6.07, 6.45) is 5.17. The maximum absolute atomic E-state index is 14.2. The van der Waals surface area contributed by atoms with E-state index in [-0.39, 0.29) is 12.2 Å². The summed E-state index contributed by atoms with van der Waals surface area (Å²) in [7, 11) is 0. The lowest BCUT2D eigenvalue weighted by molar-refractivity contribution is -0.139. The van der Waals surface area contributed by atoms with E-state index < -0.39 is 17.8 Å². The van der Waals surface area contributed by atoms with Gasteiger partial charge < -0.3 is 4.74 Å². The number of halogens is 1. The number of rotatable bonds is 5. The Bertz CT molecular complexity index is 1400. The molecule has 0 N–H and O–H groups in total. The minimum Gasteiger partial charge on any atom is -0.463 e. The Morgan fingerprint density at radius 2 is 1.91 bits per heavy atom. The van der Waals surface area contributed by atoms with Gasteiger partial charge in [-0.1, -0.05) is 72.0 Å². The summed E-state index contributed by atoms with van der Waals surface area (Å²) in [5.41, 5.74) is 1.71. The lowest BCUT2D eigenvalue weighted by Crippen LogP contribution is -2.38. The molecule has 2 aromatic carbocycles. The summed E-state index contributed by atoms with van der Waals surface area (Å²) < 4.78 is 21.2. The van der Waals surface area contributed by atoms with Crippen LogP contribution in [0.25, 0.3) is 12.2 Å². The van der Waals surface area contributed by atoms with Crippen LogP contribution in [0.3, 0.4) is 0 Å². The van der Waals surface area contributed by atoms with E-state index in [2.05, 4.69) is 4.99 Å². The van der Waals surface area contributed by atoms with Crippen LogP contribution in [0, 0.1) is 5.82 Å². The number of hydrogen-bond acceptors (Lipinski definition) is 5. The highest BCUT2D eigenvalue weighted by Crippen LogP contribution is 2.26. The molecule has 0 fully saturated rings. The van der Waals surface area contributed by atoms with Gasteiger partial charge in [0.2, 0.25) is 0 Å². The number of ether oxygens (including phenoxy) is 1. The largest absolute Gasteiger partial charge is 0.463 e. The number of fused-ring (bicyclic) bond motifs is 1. The molecule has 4 rings (SSSR count). The third kappa shape index (κ3) is 4.24. The standard InChI is InChI=1S/C25H21FN2O3S/c1-3-31-24(30)22-16(2)27-25-28(20(22)14-13-17-9-5-4-6-10-17)23(29)21(32-25)15-18-11-7-8-12-19(18)26/h4-15,20H,3H2,1-2H3/b14-13-,21-15+/t20-/m1/s1. The van der Waals surface area contributed by atoms with Gasteiger partial charge >= 0.3 is 5.97 Å². The molecule has 0 unspecified atom stereocenters. The third-order valence-corrected chi connectivity index (χ3v) is 6.00. The normalized spacial score (nSPS) is 16.2. The summed E-state index contributed by atoms with van der Waals surface area (Å²) in [6, 6.07) is 15.2.